The fraction of sp³-hybridized carbons (Fsp3) is 0.0833. The van der Waals surface area contributed by atoms with Crippen molar-refractivity contribution in [2.45, 2.75) is 6.61 Å². The molecule has 0 unspecified atom stereocenters. The van der Waals surface area contributed by atoms with Crippen LogP contribution in [0.3, 0.4) is 0 Å². The van der Waals surface area contributed by atoms with Gasteiger partial charge in [0.2, 0.25) is 0 Å². The second kappa shape index (κ2) is 4.78. The molecule has 0 aliphatic heterocycles. The topological polar surface area (TPSA) is 48.1 Å². The van der Waals surface area contributed by atoms with Gasteiger partial charge in [-0.2, -0.15) is 8.78 Å². The molecular formula is C12H10F2N2O. The third-order valence-corrected chi connectivity index (χ3v) is 2.22. The number of pyridine rings is 1. The Hall–Kier alpha value is -2.17. The first-order valence-electron chi connectivity index (χ1n) is 4.91. The van der Waals surface area contributed by atoms with Crippen molar-refractivity contribution in [2.24, 2.45) is 0 Å². The Kier molecular flexibility index (Phi) is 3.18. The second-order valence-electron chi connectivity index (χ2n) is 3.37. The third kappa shape index (κ3) is 2.69. The van der Waals surface area contributed by atoms with Gasteiger partial charge in [0.05, 0.1) is 5.69 Å². The Bertz CT molecular complexity index is 503. The number of rotatable bonds is 3. The summed E-state index contributed by atoms with van der Waals surface area (Å²) in [7, 11) is 0. The lowest BCUT2D eigenvalue weighted by Crippen LogP contribution is -2.04. The van der Waals surface area contributed by atoms with Gasteiger partial charge in [-0.25, -0.2) is 0 Å². The van der Waals surface area contributed by atoms with E-state index in [4.69, 9.17) is 5.73 Å². The molecular weight excluding hydrogens is 226 g/mol. The molecule has 0 bridgehead atoms. The van der Waals surface area contributed by atoms with E-state index in [0.717, 1.165) is 11.1 Å². The minimum Gasteiger partial charge on any atom is -0.433 e. The van der Waals surface area contributed by atoms with Crippen molar-refractivity contribution in [2.75, 3.05) is 5.73 Å². The number of alkyl halides is 2. The minimum atomic E-state index is -2.89. The van der Waals surface area contributed by atoms with Gasteiger partial charge in [0.1, 0.15) is 5.75 Å². The predicted octanol–water partition coefficient (Wildman–Crippen LogP) is 2.93. The van der Waals surface area contributed by atoms with Gasteiger partial charge in [-0.3, -0.25) is 4.98 Å². The van der Waals surface area contributed by atoms with Gasteiger partial charge >= 0.3 is 6.61 Å². The van der Waals surface area contributed by atoms with Crippen LogP contribution in [0.15, 0.2) is 42.7 Å². The molecule has 0 aliphatic rings. The fourth-order valence-electron chi connectivity index (χ4n) is 1.45. The first-order valence-corrected chi connectivity index (χ1v) is 4.91. The summed E-state index contributed by atoms with van der Waals surface area (Å²) in [6.45, 7) is -2.89. The average molecular weight is 236 g/mol. The lowest BCUT2D eigenvalue weighted by molar-refractivity contribution is -0.0492. The van der Waals surface area contributed by atoms with Crippen LogP contribution in [0.25, 0.3) is 11.1 Å². The Morgan fingerprint density at radius 2 is 2.00 bits per heavy atom. The van der Waals surface area contributed by atoms with Crippen LogP contribution in [-0.2, 0) is 0 Å². The summed E-state index contributed by atoms with van der Waals surface area (Å²) in [5.74, 6) is -0.0265. The fourth-order valence-corrected chi connectivity index (χ4v) is 1.45. The number of anilines is 1. The molecule has 5 heteroatoms. The molecule has 1 aromatic carbocycles. The molecule has 0 amide bonds. The number of aromatic nitrogens is 1. The van der Waals surface area contributed by atoms with Crippen molar-refractivity contribution >= 4 is 5.69 Å². The van der Waals surface area contributed by atoms with Gasteiger partial charge in [-0.1, -0.05) is 12.1 Å². The van der Waals surface area contributed by atoms with Crippen LogP contribution in [0, 0.1) is 0 Å². The summed E-state index contributed by atoms with van der Waals surface area (Å²) < 4.78 is 28.6. The molecule has 0 atom stereocenters. The summed E-state index contributed by atoms with van der Waals surface area (Å²) in [6, 6.07) is 8.31. The maximum absolute atomic E-state index is 12.1. The van der Waals surface area contributed by atoms with Crippen molar-refractivity contribution in [1.29, 1.82) is 0 Å². The van der Waals surface area contributed by atoms with Crippen molar-refractivity contribution in [3.8, 4) is 16.9 Å². The second-order valence-corrected chi connectivity index (χ2v) is 3.37. The van der Waals surface area contributed by atoms with Gasteiger partial charge in [0.25, 0.3) is 0 Å². The standard InChI is InChI=1S/C12H10F2N2O/c13-12(14)17-11-6-8(3-4-10(11)15)9-2-1-5-16-7-9/h1-7,12H,15H2. The minimum absolute atomic E-state index is 0.0265. The monoisotopic (exact) mass is 236 g/mol. The number of nitrogens with zero attached hydrogens (tertiary/aromatic N) is 1. The number of halogens is 2. The zero-order chi connectivity index (χ0) is 12.3. The molecule has 2 N–H and O–H groups in total. The normalized spacial score (nSPS) is 10.5. The van der Waals surface area contributed by atoms with Gasteiger partial charge in [-0.05, 0) is 23.8 Å². The number of benzene rings is 1. The van der Waals surface area contributed by atoms with Crippen LogP contribution in [0.1, 0.15) is 0 Å². The lowest BCUT2D eigenvalue weighted by Gasteiger charge is -2.09. The molecule has 2 rings (SSSR count). The van der Waals surface area contributed by atoms with Crippen molar-refractivity contribution in [3.63, 3.8) is 0 Å². The zero-order valence-corrected chi connectivity index (χ0v) is 8.81. The molecule has 1 heterocycles. The first kappa shape index (κ1) is 11.3. The molecule has 0 saturated carbocycles. The first-order chi connectivity index (χ1) is 8.16. The van der Waals surface area contributed by atoms with Crippen LogP contribution in [0.4, 0.5) is 14.5 Å². The molecule has 17 heavy (non-hydrogen) atoms. The number of nitrogens with two attached hydrogens (primary N) is 1. The molecule has 0 radical (unpaired) electrons. The van der Waals surface area contributed by atoms with E-state index in [0.29, 0.717) is 0 Å². The summed E-state index contributed by atoms with van der Waals surface area (Å²) in [4.78, 5) is 3.95. The van der Waals surface area contributed by atoms with Gasteiger partial charge in [0.15, 0.2) is 0 Å². The Morgan fingerprint density at radius 1 is 1.18 bits per heavy atom. The summed E-state index contributed by atoms with van der Waals surface area (Å²) in [5, 5.41) is 0. The number of nitrogen functional groups attached to an aromatic ring is 1. The van der Waals surface area contributed by atoms with E-state index in [9.17, 15) is 8.78 Å². The average Bonchev–Trinajstić information content (AvgIpc) is 2.32. The Balaban J connectivity index is 2.37. The van der Waals surface area contributed by atoms with Crippen molar-refractivity contribution in [1.82, 2.24) is 4.98 Å². The highest BCUT2D eigenvalue weighted by molar-refractivity contribution is 5.69. The van der Waals surface area contributed by atoms with Crippen LogP contribution in [0.5, 0.6) is 5.75 Å². The predicted molar refractivity (Wildman–Crippen MR) is 60.7 cm³/mol. The molecule has 0 saturated heterocycles. The number of hydrogen-bond acceptors (Lipinski definition) is 3. The molecule has 0 fully saturated rings. The number of hydrogen-bond donors (Lipinski definition) is 1. The van der Waals surface area contributed by atoms with Crippen molar-refractivity contribution < 1.29 is 13.5 Å². The largest absolute Gasteiger partial charge is 0.433 e. The molecule has 2 aromatic rings. The molecule has 0 spiro atoms. The zero-order valence-electron chi connectivity index (χ0n) is 8.81. The summed E-state index contributed by atoms with van der Waals surface area (Å²) in [6.07, 6.45) is 3.27. The van der Waals surface area contributed by atoms with E-state index >= 15 is 0 Å². The van der Waals surface area contributed by atoms with Gasteiger partial charge < -0.3 is 10.5 Å². The SMILES string of the molecule is Nc1ccc(-c2cccnc2)cc1OC(F)F. The maximum atomic E-state index is 12.1. The van der Waals surface area contributed by atoms with Crippen LogP contribution in [0.2, 0.25) is 0 Å². The Labute approximate surface area is 96.9 Å². The van der Waals surface area contributed by atoms with Gasteiger partial charge in [-0.15, -0.1) is 0 Å². The van der Waals surface area contributed by atoms with Crippen molar-refractivity contribution in [3.05, 3.63) is 42.7 Å². The van der Waals surface area contributed by atoms with E-state index in [2.05, 4.69) is 9.72 Å². The van der Waals surface area contributed by atoms with Crippen LogP contribution >= 0.6 is 0 Å². The van der Waals surface area contributed by atoms with E-state index in [1.165, 1.54) is 12.1 Å². The molecule has 3 nitrogen and oxygen atoms in total. The smallest absolute Gasteiger partial charge is 0.387 e. The van der Waals surface area contributed by atoms with E-state index in [1.54, 1.807) is 24.5 Å². The Morgan fingerprint density at radius 3 is 2.65 bits per heavy atom. The summed E-state index contributed by atoms with van der Waals surface area (Å²) in [5.41, 5.74) is 7.26. The molecule has 88 valence electrons. The molecule has 0 aliphatic carbocycles. The van der Waals surface area contributed by atoms with Crippen LogP contribution < -0.4 is 10.5 Å². The lowest BCUT2D eigenvalue weighted by atomic mass is 10.1. The quantitative estimate of drug-likeness (QED) is 0.833. The maximum Gasteiger partial charge on any atom is 0.387 e. The highest BCUT2D eigenvalue weighted by atomic mass is 19.3. The van der Waals surface area contributed by atoms with E-state index < -0.39 is 6.61 Å². The van der Waals surface area contributed by atoms with E-state index in [1.807, 2.05) is 6.07 Å². The molecule has 1 aromatic heterocycles. The highest BCUT2D eigenvalue weighted by Gasteiger charge is 2.09. The van der Waals surface area contributed by atoms with Gasteiger partial charge in [0, 0.05) is 18.0 Å². The van der Waals surface area contributed by atoms with E-state index in [-0.39, 0.29) is 11.4 Å². The van der Waals surface area contributed by atoms with Crippen LogP contribution in [-0.4, -0.2) is 11.6 Å². The third-order valence-electron chi connectivity index (χ3n) is 2.22. The number of ether oxygens (including phenoxy) is 1. The summed E-state index contributed by atoms with van der Waals surface area (Å²) >= 11 is 0. The highest BCUT2D eigenvalue weighted by Crippen LogP contribution is 2.29.